The van der Waals surface area contributed by atoms with Crippen molar-refractivity contribution >= 4 is 10.8 Å². The zero-order chi connectivity index (χ0) is 6.10. The van der Waals surface area contributed by atoms with Crippen molar-refractivity contribution in [3.05, 3.63) is 94.5 Å². The number of hydrogen-bond donors (Lipinski definition) is 0. The normalized spacial score (nSPS) is 5.41. The molecule has 0 aliphatic carbocycles. The Kier molecular flexibility index (Phi) is 53.9. The van der Waals surface area contributed by atoms with Crippen LogP contribution in [0, 0.1) is 52.0 Å². The summed E-state index contributed by atoms with van der Waals surface area (Å²) >= 11 is 0. The Morgan fingerprint density at radius 1 is 0.647 bits per heavy atom. The van der Waals surface area contributed by atoms with Gasteiger partial charge in [0.05, 0.1) is 0 Å². The number of benzene rings is 1. The third-order valence-corrected chi connectivity index (χ3v) is 1.55. The van der Waals surface area contributed by atoms with Crippen LogP contribution >= 0.6 is 0 Å². The predicted octanol–water partition coefficient (Wildman–Crippen LogP) is 5.71. The van der Waals surface area contributed by atoms with Crippen molar-refractivity contribution in [2.75, 3.05) is 0 Å². The Morgan fingerprint density at radius 3 is 1.59 bits per heavy atom. The van der Waals surface area contributed by atoms with Crippen molar-refractivity contribution in [2.24, 2.45) is 0 Å². The van der Waals surface area contributed by atoms with E-state index in [1.807, 2.05) is 0 Å². The minimum Gasteiger partial charge on any atom is -0.358 e. The molecule has 1 heteroatoms. The average Bonchev–Trinajstić information content (AvgIpc) is 2.33. The van der Waals surface area contributed by atoms with Gasteiger partial charge in [-0.15, -0.1) is 29.7 Å². The summed E-state index contributed by atoms with van der Waals surface area (Å²) in [6.07, 6.45) is 0. The number of hydrogen-bond acceptors (Lipinski definition) is 0. The van der Waals surface area contributed by atoms with Crippen LogP contribution in [0.4, 0.5) is 0 Å². The molecular weight excluding hydrogens is 240 g/mol. The molecule has 2 aromatic rings. The fraction of sp³-hybridized carbons (Fsp3) is 0. The summed E-state index contributed by atoms with van der Waals surface area (Å²) in [5, 5.41) is 2.66. The van der Waals surface area contributed by atoms with Crippen LogP contribution in [0.5, 0.6) is 0 Å². The third-order valence-electron chi connectivity index (χ3n) is 1.55. The standard InChI is InChI=1S/C9H7.7CH3.Ti/c1-2-5-9-7-3-6-8(9)4-1;;;;;;;;/h1-7H;7*1H3;/q8*-1;. The van der Waals surface area contributed by atoms with Gasteiger partial charge in [0.1, 0.15) is 0 Å². The summed E-state index contributed by atoms with van der Waals surface area (Å²) in [4.78, 5) is 0. The molecule has 0 unspecified atom stereocenters. The second-order valence-corrected chi connectivity index (χ2v) is 2.15. The fourth-order valence-electron chi connectivity index (χ4n) is 1.07. The molecule has 0 nitrogen and oxygen atoms in total. The molecule has 0 saturated heterocycles. The van der Waals surface area contributed by atoms with Crippen LogP contribution < -0.4 is 0 Å². The van der Waals surface area contributed by atoms with Gasteiger partial charge in [-0.3, -0.25) is 0 Å². The van der Waals surface area contributed by atoms with Crippen LogP contribution in [-0.2, 0) is 21.7 Å². The van der Waals surface area contributed by atoms with E-state index >= 15 is 0 Å². The topological polar surface area (TPSA) is 0 Å². The first-order valence-electron chi connectivity index (χ1n) is 3.07. The largest absolute Gasteiger partial charge is 0.358 e. The van der Waals surface area contributed by atoms with Crippen LogP contribution in [0.1, 0.15) is 0 Å². The fourth-order valence-corrected chi connectivity index (χ4v) is 1.07. The molecule has 17 heavy (non-hydrogen) atoms. The molecule has 2 rings (SSSR count). The Morgan fingerprint density at radius 2 is 1.12 bits per heavy atom. The Bertz CT molecular complexity index is 280. The van der Waals surface area contributed by atoms with Crippen molar-refractivity contribution in [3.8, 4) is 0 Å². The summed E-state index contributed by atoms with van der Waals surface area (Å²) in [5.74, 6) is 0. The molecule has 0 amide bonds. The number of rotatable bonds is 0. The van der Waals surface area contributed by atoms with Gasteiger partial charge in [0.15, 0.2) is 0 Å². The molecule has 0 atom stereocenters. The minimum atomic E-state index is 0. The van der Waals surface area contributed by atoms with Crippen molar-refractivity contribution in [2.45, 2.75) is 0 Å². The molecule has 0 aromatic heterocycles. The van der Waals surface area contributed by atoms with Crippen LogP contribution in [0.25, 0.3) is 10.8 Å². The van der Waals surface area contributed by atoms with E-state index in [9.17, 15) is 0 Å². The van der Waals surface area contributed by atoms with Crippen molar-refractivity contribution in [1.29, 1.82) is 0 Å². The molecule has 0 radical (unpaired) electrons. The molecule has 0 bridgehead atoms. The van der Waals surface area contributed by atoms with Crippen molar-refractivity contribution < 1.29 is 21.7 Å². The third kappa shape index (κ3) is 10.4. The minimum absolute atomic E-state index is 0. The molecule has 0 saturated carbocycles. The molecule has 0 fully saturated rings. The maximum atomic E-state index is 2.12. The Balaban J connectivity index is -0.0000000250. The molecule has 0 N–H and O–H groups in total. The van der Waals surface area contributed by atoms with Gasteiger partial charge in [0.2, 0.25) is 0 Å². The van der Waals surface area contributed by atoms with E-state index < -0.39 is 0 Å². The van der Waals surface area contributed by atoms with Crippen LogP contribution in [-0.4, -0.2) is 0 Å². The first kappa shape index (κ1) is 43.9. The summed E-state index contributed by atoms with van der Waals surface area (Å²) in [7, 11) is 0. The van der Waals surface area contributed by atoms with E-state index in [1.165, 1.54) is 10.8 Å². The van der Waals surface area contributed by atoms with E-state index in [-0.39, 0.29) is 73.7 Å². The second-order valence-electron chi connectivity index (χ2n) is 2.15. The first-order chi connectivity index (χ1) is 4.47. The quantitative estimate of drug-likeness (QED) is 0.424. The second kappa shape index (κ2) is 20.9. The average molecular weight is 268 g/mol. The van der Waals surface area contributed by atoms with Gasteiger partial charge in [-0.2, -0.15) is 17.5 Å². The van der Waals surface area contributed by atoms with E-state index in [1.54, 1.807) is 0 Å². The van der Waals surface area contributed by atoms with E-state index in [2.05, 4.69) is 42.5 Å². The maximum absolute atomic E-state index is 2.12. The van der Waals surface area contributed by atoms with E-state index in [0.29, 0.717) is 0 Å². The summed E-state index contributed by atoms with van der Waals surface area (Å²) < 4.78 is 0. The molecular formula is C16H28Ti-8. The van der Waals surface area contributed by atoms with Crippen molar-refractivity contribution in [1.82, 2.24) is 0 Å². The predicted molar refractivity (Wildman–Crippen MR) is 84.4 cm³/mol. The van der Waals surface area contributed by atoms with Gasteiger partial charge in [-0.1, -0.05) is 6.07 Å². The molecule has 0 aliphatic heterocycles. The molecule has 0 spiro atoms. The molecule has 0 aliphatic rings. The van der Waals surface area contributed by atoms with Gasteiger partial charge in [-0.25, -0.2) is 0 Å². The van der Waals surface area contributed by atoms with Crippen molar-refractivity contribution in [3.63, 3.8) is 0 Å². The SMILES string of the molecule is [CH3-].[CH3-].[CH3-].[CH3-].[CH3-].[CH3-].[CH3-].[Ti].c1ccc2[cH-]ccc2c1. The zero-order valence-corrected chi connectivity index (χ0v) is 14.1. The van der Waals surface area contributed by atoms with Crippen LogP contribution in [0.15, 0.2) is 42.5 Å². The Labute approximate surface area is 127 Å². The van der Waals surface area contributed by atoms with Gasteiger partial charge < -0.3 is 52.0 Å². The Hall–Kier alpha value is -0.456. The smallest absolute Gasteiger partial charge is 0 e. The van der Waals surface area contributed by atoms with Crippen LogP contribution in [0.3, 0.4) is 0 Å². The molecule has 0 heterocycles. The monoisotopic (exact) mass is 268 g/mol. The van der Waals surface area contributed by atoms with E-state index in [0.717, 1.165) is 0 Å². The zero-order valence-electron chi connectivity index (χ0n) is 12.5. The van der Waals surface area contributed by atoms with Gasteiger partial charge in [0.25, 0.3) is 0 Å². The molecule has 104 valence electrons. The van der Waals surface area contributed by atoms with Gasteiger partial charge in [0, 0.05) is 21.7 Å². The molecule has 2 aromatic carbocycles. The van der Waals surface area contributed by atoms with Gasteiger partial charge in [-0.05, 0) is 0 Å². The van der Waals surface area contributed by atoms with Crippen LogP contribution in [0.2, 0.25) is 0 Å². The first-order valence-corrected chi connectivity index (χ1v) is 3.07. The maximum Gasteiger partial charge on any atom is 0 e. The summed E-state index contributed by atoms with van der Waals surface area (Å²) in [5.41, 5.74) is 0. The number of fused-ring (bicyclic) bond motifs is 1. The summed E-state index contributed by atoms with van der Waals surface area (Å²) in [6, 6.07) is 14.7. The van der Waals surface area contributed by atoms with Gasteiger partial charge >= 0.3 is 0 Å². The van der Waals surface area contributed by atoms with E-state index in [4.69, 9.17) is 0 Å². The summed E-state index contributed by atoms with van der Waals surface area (Å²) in [6.45, 7) is 0.